The predicted molar refractivity (Wildman–Crippen MR) is 105 cm³/mol. The molecule has 1 heterocycles. The Hall–Kier alpha value is -1.63. The number of aryl methyl sites for hydroxylation is 2. The first-order valence-electron chi connectivity index (χ1n) is 10.2. The van der Waals surface area contributed by atoms with Crippen molar-refractivity contribution in [3.05, 3.63) is 34.9 Å². The Morgan fingerprint density at radius 2 is 1.85 bits per heavy atom. The van der Waals surface area contributed by atoms with Crippen LogP contribution in [0.2, 0.25) is 0 Å². The number of hydrazine groups is 1. The third-order valence-corrected chi connectivity index (χ3v) is 6.27. The standard InChI is InChI=1S/C20H32N6/c21-19-24-20(22,26-25-19)17-9-6-15-7-10-18(11-8-16(15)12-17)23-13-14-4-2-1-3-5-14/h6,9,12,14,18,23,26H,1-5,7-8,10-11,13,22H2,(H3,21,24,25)/t18-,20?/m0/s1. The predicted octanol–water partition coefficient (Wildman–Crippen LogP) is 1.60. The molecule has 1 aromatic rings. The van der Waals surface area contributed by atoms with Crippen LogP contribution < -0.4 is 27.6 Å². The van der Waals surface area contributed by atoms with Gasteiger partial charge in [-0.25, -0.2) is 4.99 Å². The highest BCUT2D eigenvalue weighted by molar-refractivity contribution is 5.79. The zero-order valence-electron chi connectivity index (χ0n) is 15.6. The van der Waals surface area contributed by atoms with Gasteiger partial charge in [0.25, 0.3) is 0 Å². The zero-order chi connectivity index (χ0) is 18.0. The second-order valence-electron chi connectivity index (χ2n) is 8.18. The van der Waals surface area contributed by atoms with Gasteiger partial charge in [0.15, 0.2) is 0 Å². The minimum absolute atomic E-state index is 0.328. The van der Waals surface area contributed by atoms with E-state index in [1.54, 1.807) is 0 Å². The maximum atomic E-state index is 6.35. The average Bonchev–Trinajstić information content (AvgIpc) is 2.90. The van der Waals surface area contributed by atoms with Crippen LogP contribution in [0, 0.1) is 5.92 Å². The Morgan fingerprint density at radius 3 is 2.58 bits per heavy atom. The van der Waals surface area contributed by atoms with Gasteiger partial charge in [0, 0.05) is 11.6 Å². The second-order valence-corrected chi connectivity index (χ2v) is 8.18. The Balaban J connectivity index is 1.38. The van der Waals surface area contributed by atoms with Crippen LogP contribution in [-0.4, -0.2) is 18.5 Å². The SMILES string of the molecule is NC1=NC(N)(c2ccc3c(c2)CC[C@@H](NCC2CCCCC2)CC3)NN1. The lowest BCUT2D eigenvalue weighted by Crippen LogP contribution is -2.50. The third kappa shape index (κ3) is 3.87. The first-order chi connectivity index (χ1) is 12.6. The monoisotopic (exact) mass is 356 g/mol. The normalized spacial score (nSPS) is 29.6. The molecule has 0 saturated heterocycles. The van der Waals surface area contributed by atoms with Crippen molar-refractivity contribution in [3.63, 3.8) is 0 Å². The number of hydrogen-bond donors (Lipinski definition) is 5. The Kier molecular flexibility index (Phi) is 5.16. The fourth-order valence-corrected chi connectivity index (χ4v) is 4.61. The molecule has 0 spiro atoms. The largest absolute Gasteiger partial charge is 0.369 e. The minimum atomic E-state index is -0.968. The molecule has 1 aromatic carbocycles. The van der Waals surface area contributed by atoms with Crippen LogP contribution in [0.4, 0.5) is 0 Å². The molecular weight excluding hydrogens is 324 g/mol. The van der Waals surface area contributed by atoms with Crippen molar-refractivity contribution in [2.24, 2.45) is 22.4 Å². The number of fused-ring (bicyclic) bond motifs is 1. The molecule has 2 aliphatic carbocycles. The van der Waals surface area contributed by atoms with Gasteiger partial charge < -0.3 is 11.1 Å². The Labute approximate surface area is 156 Å². The summed E-state index contributed by atoms with van der Waals surface area (Å²) in [7, 11) is 0. The molecule has 26 heavy (non-hydrogen) atoms. The van der Waals surface area contributed by atoms with E-state index in [4.69, 9.17) is 11.5 Å². The van der Waals surface area contributed by atoms with Gasteiger partial charge in [0.2, 0.25) is 11.7 Å². The number of nitrogens with two attached hydrogens (primary N) is 2. The molecule has 1 saturated carbocycles. The summed E-state index contributed by atoms with van der Waals surface area (Å²) in [5, 5.41) is 3.86. The summed E-state index contributed by atoms with van der Waals surface area (Å²) in [6.45, 7) is 1.20. The summed E-state index contributed by atoms with van der Waals surface area (Å²) in [6, 6.07) is 7.12. The van der Waals surface area contributed by atoms with E-state index in [1.807, 2.05) is 0 Å². The number of guanidine groups is 1. The number of aliphatic imine (C=N–C) groups is 1. The highest BCUT2D eigenvalue weighted by Gasteiger charge is 2.32. The molecule has 1 aliphatic heterocycles. The van der Waals surface area contributed by atoms with E-state index in [2.05, 4.69) is 39.4 Å². The van der Waals surface area contributed by atoms with Gasteiger partial charge in [0.05, 0.1) is 0 Å². The maximum Gasteiger partial charge on any atom is 0.209 e. The second kappa shape index (κ2) is 7.55. The molecular formula is C20H32N6. The lowest BCUT2D eigenvalue weighted by Gasteiger charge is -2.25. The van der Waals surface area contributed by atoms with E-state index in [0.717, 1.165) is 24.3 Å². The molecule has 4 rings (SSSR count). The number of hydrogen-bond acceptors (Lipinski definition) is 6. The van der Waals surface area contributed by atoms with Crippen LogP contribution in [0.3, 0.4) is 0 Å². The van der Waals surface area contributed by atoms with Gasteiger partial charge in [-0.3, -0.25) is 11.2 Å². The molecule has 0 amide bonds. The Morgan fingerprint density at radius 1 is 1.08 bits per heavy atom. The van der Waals surface area contributed by atoms with Crippen molar-refractivity contribution in [2.45, 2.75) is 69.6 Å². The quantitative estimate of drug-likeness (QED) is 0.528. The Bertz CT molecular complexity index is 666. The molecule has 142 valence electrons. The molecule has 6 nitrogen and oxygen atoms in total. The average molecular weight is 357 g/mol. The summed E-state index contributed by atoms with van der Waals surface area (Å²) in [4.78, 5) is 4.30. The van der Waals surface area contributed by atoms with E-state index >= 15 is 0 Å². The van der Waals surface area contributed by atoms with Crippen LogP contribution in [0.5, 0.6) is 0 Å². The van der Waals surface area contributed by atoms with E-state index in [9.17, 15) is 0 Å². The van der Waals surface area contributed by atoms with Crippen molar-refractivity contribution < 1.29 is 0 Å². The minimum Gasteiger partial charge on any atom is -0.369 e. The van der Waals surface area contributed by atoms with Gasteiger partial charge in [-0.2, -0.15) is 5.43 Å². The summed E-state index contributed by atoms with van der Waals surface area (Å²) in [6.07, 6.45) is 11.7. The zero-order valence-corrected chi connectivity index (χ0v) is 15.6. The fraction of sp³-hybridized carbons (Fsp3) is 0.650. The molecule has 6 heteroatoms. The molecule has 0 aromatic heterocycles. The lowest BCUT2D eigenvalue weighted by molar-refractivity contribution is 0.319. The van der Waals surface area contributed by atoms with Crippen LogP contribution >= 0.6 is 0 Å². The highest BCUT2D eigenvalue weighted by Crippen LogP contribution is 2.27. The van der Waals surface area contributed by atoms with Crippen LogP contribution in [-0.2, 0) is 18.6 Å². The van der Waals surface area contributed by atoms with Crippen molar-refractivity contribution >= 4 is 5.96 Å². The molecule has 3 aliphatic rings. The van der Waals surface area contributed by atoms with Crippen LogP contribution in [0.15, 0.2) is 23.2 Å². The van der Waals surface area contributed by atoms with E-state index < -0.39 is 5.79 Å². The smallest absolute Gasteiger partial charge is 0.209 e. The van der Waals surface area contributed by atoms with Crippen LogP contribution in [0.25, 0.3) is 0 Å². The van der Waals surface area contributed by atoms with Gasteiger partial charge in [-0.05, 0) is 62.1 Å². The van der Waals surface area contributed by atoms with Gasteiger partial charge in [-0.1, -0.05) is 37.5 Å². The van der Waals surface area contributed by atoms with Gasteiger partial charge >= 0.3 is 0 Å². The summed E-state index contributed by atoms with van der Waals surface area (Å²) >= 11 is 0. The van der Waals surface area contributed by atoms with E-state index in [1.165, 1.54) is 62.6 Å². The first kappa shape index (κ1) is 17.8. The number of benzene rings is 1. The summed E-state index contributed by atoms with van der Waals surface area (Å²) in [5.41, 5.74) is 21.6. The summed E-state index contributed by atoms with van der Waals surface area (Å²) < 4.78 is 0. The third-order valence-electron chi connectivity index (χ3n) is 6.27. The van der Waals surface area contributed by atoms with Gasteiger partial charge in [-0.15, -0.1) is 0 Å². The molecule has 0 radical (unpaired) electrons. The molecule has 1 unspecified atom stereocenters. The maximum absolute atomic E-state index is 6.35. The molecule has 1 fully saturated rings. The topological polar surface area (TPSA) is 100 Å². The highest BCUT2D eigenvalue weighted by atomic mass is 15.6. The first-order valence-corrected chi connectivity index (χ1v) is 10.2. The van der Waals surface area contributed by atoms with Crippen molar-refractivity contribution in [2.75, 3.05) is 6.54 Å². The van der Waals surface area contributed by atoms with Crippen molar-refractivity contribution in [1.29, 1.82) is 0 Å². The number of nitrogens with one attached hydrogen (secondary N) is 3. The van der Waals surface area contributed by atoms with E-state index in [-0.39, 0.29) is 0 Å². The lowest BCUT2D eigenvalue weighted by atomic mass is 9.89. The van der Waals surface area contributed by atoms with Crippen molar-refractivity contribution in [1.82, 2.24) is 16.2 Å². The number of rotatable bonds is 4. The molecule has 0 bridgehead atoms. The summed E-state index contributed by atoms with van der Waals surface area (Å²) in [5.74, 6) is 0.251. The van der Waals surface area contributed by atoms with Crippen LogP contribution in [0.1, 0.15) is 61.6 Å². The van der Waals surface area contributed by atoms with Gasteiger partial charge in [0.1, 0.15) is 0 Å². The molecule has 7 N–H and O–H groups in total. The molecule has 2 atom stereocenters. The fourth-order valence-electron chi connectivity index (χ4n) is 4.61. The van der Waals surface area contributed by atoms with E-state index in [0.29, 0.717) is 12.0 Å². The van der Waals surface area contributed by atoms with Crippen molar-refractivity contribution in [3.8, 4) is 0 Å². The number of nitrogens with zero attached hydrogens (tertiary/aromatic N) is 1.